The summed E-state index contributed by atoms with van der Waals surface area (Å²) in [6.45, 7) is 0.829. The number of rotatable bonds is 5. The second-order valence-corrected chi connectivity index (χ2v) is 5.04. The monoisotopic (exact) mass is 274 g/mol. The summed E-state index contributed by atoms with van der Waals surface area (Å²) in [5.41, 5.74) is 6.09. The quantitative estimate of drug-likeness (QED) is 0.638. The van der Waals surface area contributed by atoms with E-state index in [2.05, 4.69) is 17.2 Å². The van der Waals surface area contributed by atoms with Gasteiger partial charge >= 0.3 is 0 Å². The molecule has 3 N–H and O–H groups in total. The van der Waals surface area contributed by atoms with E-state index in [0.717, 1.165) is 12.3 Å². The highest BCUT2D eigenvalue weighted by Gasteiger charge is 2.20. The molecule has 0 aliphatic heterocycles. The zero-order valence-electron chi connectivity index (χ0n) is 11.4. The number of carbonyl (C=O) groups excluding carboxylic acids is 1. The van der Waals surface area contributed by atoms with Crippen molar-refractivity contribution >= 4 is 5.91 Å². The molecule has 0 heterocycles. The number of benzene rings is 1. The molecule has 0 spiro atoms. The lowest BCUT2D eigenvalue weighted by molar-refractivity contribution is 0.0952. The second kappa shape index (κ2) is 7.06. The minimum atomic E-state index is -0.406. The number of halogens is 1. The number of hydrogen-bond acceptors (Lipinski definition) is 2. The molecule has 4 heteroatoms. The molecule has 1 saturated carbocycles. The van der Waals surface area contributed by atoms with Gasteiger partial charge in [-0.25, -0.2) is 4.39 Å². The number of carbonyl (C=O) groups is 1. The van der Waals surface area contributed by atoms with E-state index in [-0.39, 0.29) is 12.5 Å². The Balaban J connectivity index is 1.96. The molecule has 20 heavy (non-hydrogen) atoms. The Morgan fingerprint density at radius 1 is 1.45 bits per heavy atom. The van der Waals surface area contributed by atoms with Gasteiger partial charge in [0.05, 0.1) is 12.1 Å². The van der Waals surface area contributed by atoms with Gasteiger partial charge in [-0.1, -0.05) is 24.7 Å². The van der Waals surface area contributed by atoms with Crippen molar-refractivity contribution in [1.29, 1.82) is 0 Å². The van der Waals surface area contributed by atoms with Crippen LogP contribution in [0, 0.1) is 23.6 Å². The Morgan fingerprint density at radius 2 is 2.25 bits per heavy atom. The first-order chi connectivity index (χ1) is 9.70. The van der Waals surface area contributed by atoms with Crippen LogP contribution in [0.2, 0.25) is 0 Å². The van der Waals surface area contributed by atoms with E-state index in [1.807, 2.05) is 0 Å². The summed E-state index contributed by atoms with van der Waals surface area (Å²) in [6.07, 6.45) is 4.81. The van der Waals surface area contributed by atoms with Gasteiger partial charge in [0.25, 0.3) is 5.91 Å². The average molecular weight is 274 g/mol. The fourth-order valence-corrected chi connectivity index (χ4v) is 2.06. The number of nitrogens with two attached hydrogens (primary N) is 1. The van der Waals surface area contributed by atoms with Crippen molar-refractivity contribution in [3.8, 4) is 11.8 Å². The normalized spacial score (nSPS) is 13.5. The number of amides is 1. The van der Waals surface area contributed by atoms with Crippen LogP contribution in [-0.4, -0.2) is 19.0 Å². The first-order valence-corrected chi connectivity index (χ1v) is 6.97. The molecule has 1 fully saturated rings. The molecule has 2 rings (SSSR count). The zero-order chi connectivity index (χ0) is 14.4. The lowest BCUT2D eigenvalue weighted by Crippen LogP contribution is -2.25. The molecule has 1 aromatic rings. The highest BCUT2D eigenvalue weighted by atomic mass is 19.1. The predicted octanol–water partition coefficient (Wildman–Crippen LogP) is 2.06. The van der Waals surface area contributed by atoms with Gasteiger partial charge in [0, 0.05) is 12.1 Å². The molecule has 1 aromatic carbocycles. The van der Waals surface area contributed by atoms with Crippen LogP contribution in [-0.2, 0) is 0 Å². The van der Waals surface area contributed by atoms with Gasteiger partial charge in [-0.2, -0.15) is 0 Å². The maximum Gasteiger partial charge on any atom is 0.252 e. The van der Waals surface area contributed by atoms with Crippen LogP contribution in [0.25, 0.3) is 0 Å². The standard InChI is InChI=1S/C16H19FN2O/c17-14-7-8-15(13(11-14)4-1-9-18)16(20)19-10-2-3-12-5-6-12/h7-8,11-12H,2-3,5-6,9-10,18H2,(H,19,20). The molecule has 0 aromatic heterocycles. The summed E-state index contributed by atoms with van der Waals surface area (Å²) in [4.78, 5) is 12.1. The van der Waals surface area contributed by atoms with Gasteiger partial charge in [-0.05, 0) is 37.0 Å². The van der Waals surface area contributed by atoms with Gasteiger partial charge in [0.1, 0.15) is 5.82 Å². The molecule has 0 unspecified atom stereocenters. The molecule has 0 bridgehead atoms. The zero-order valence-corrected chi connectivity index (χ0v) is 11.4. The van der Waals surface area contributed by atoms with E-state index in [0.29, 0.717) is 17.7 Å². The van der Waals surface area contributed by atoms with Crippen LogP contribution in [0.5, 0.6) is 0 Å². The minimum absolute atomic E-state index is 0.180. The SMILES string of the molecule is NCC#Cc1cc(F)ccc1C(=O)NCCCC1CC1. The van der Waals surface area contributed by atoms with Gasteiger partial charge in [0.15, 0.2) is 0 Å². The molecule has 1 amide bonds. The van der Waals surface area contributed by atoms with Crippen molar-refractivity contribution < 1.29 is 9.18 Å². The van der Waals surface area contributed by atoms with Crippen LogP contribution < -0.4 is 11.1 Å². The third kappa shape index (κ3) is 4.36. The number of nitrogens with one attached hydrogen (secondary N) is 1. The summed E-state index contributed by atoms with van der Waals surface area (Å²) in [5, 5.41) is 2.86. The Morgan fingerprint density at radius 3 is 2.95 bits per heavy atom. The third-order valence-electron chi connectivity index (χ3n) is 3.32. The van der Waals surface area contributed by atoms with E-state index < -0.39 is 5.82 Å². The Hall–Kier alpha value is -1.86. The van der Waals surface area contributed by atoms with Crippen LogP contribution in [0.15, 0.2) is 18.2 Å². The van der Waals surface area contributed by atoms with E-state index in [9.17, 15) is 9.18 Å². The molecular weight excluding hydrogens is 255 g/mol. The van der Waals surface area contributed by atoms with Crippen molar-refractivity contribution in [1.82, 2.24) is 5.32 Å². The minimum Gasteiger partial charge on any atom is -0.352 e. The molecule has 1 aliphatic carbocycles. The van der Waals surface area contributed by atoms with Crippen molar-refractivity contribution in [2.24, 2.45) is 11.7 Å². The Bertz CT molecular complexity index is 541. The summed E-state index contributed by atoms with van der Waals surface area (Å²) in [7, 11) is 0. The van der Waals surface area contributed by atoms with Gasteiger partial charge in [-0.3, -0.25) is 4.79 Å². The van der Waals surface area contributed by atoms with Crippen LogP contribution in [0.3, 0.4) is 0 Å². The van der Waals surface area contributed by atoms with Crippen molar-refractivity contribution in [3.63, 3.8) is 0 Å². The molecular formula is C16H19FN2O. The van der Waals surface area contributed by atoms with Crippen molar-refractivity contribution in [2.45, 2.75) is 25.7 Å². The molecule has 106 valence electrons. The Labute approximate surface area is 118 Å². The number of hydrogen-bond donors (Lipinski definition) is 2. The van der Waals surface area contributed by atoms with Crippen molar-refractivity contribution in [3.05, 3.63) is 35.1 Å². The molecule has 0 saturated heterocycles. The summed E-state index contributed by atoms with van der Waals surface area (Å²) >= 11 is 0. The van der Waals surface area contributed by atoms with E-state index >= 15 is 0 Å². The highest BCUT2D eigenvalue weighted by Crippen LogP contribution is 2.33. The second-order valence-electron chi connectivity index (χ2n) is 5.04. The molecule has 1 aliphatic rings. The van der Waals surface area contributed by atoms with Gasteiger partial charge in [-0.15, -0.1) is 0 Å². The maximum atomic E-state index is 13.2. The lowest BCUT2D eigenvalue weighted by atomic mass is 10.1. The average Bonchev–Trinajstić information content (AvgIpc) is 3.25. The van der Waals surface area contributed by atoms with Gasteiger partial charge in [0.2, 0.25) is 0 Å². The summed E-state index contributed by atoms with van der Waals surface area (Å²) in [6, 6.07) is 4.00. The van der Waals surface area contributed by atoms with Crippen LogP contribution >= 0.6 is 0 Å². The van der Waals surface area contributed by atoms with Gasteiger partial charge < -0.3 is 11.1 Å². The maximum absolute atomic E-state index is 13.2. The first-order valence-electron chi connectivity index (χ1n) is 6.97. The lowest BCUT2D eigenvalue weighted by Gasteiger charge is -2.07. The van der Waals surface area contributed by atoms with E-state index in [1.54, 1.807) is 0 Å². The Kier molecular flexibility index (Phi) is 5.14. The van der Waals surface area contributed by atoms with E-state index in [1.165, 1.54) is 37.5 Å². The topological polar surface area (TPSA) is 55.1 Å². The first kappa shape index (κ1) is 14.5. The molecule has 0 atom stereocenters. The summed E-state index contributed by atoms with van der Waals surface area (Å²) in [5.74, 6) is 5.64. The van der Waals surface area contributed by atoms with Crippen molar-refractivity contribution in [2.75, 3.05) is 13.1 Å². The third-order valence-corrected chi connectivity index (χ3v) is 3.32. The highest BCUT2D eigenvalue weighted by molar-refractivity contribution is 5.96. The largest absolute Gasteiger partial charge is 0.352 e. The summed E-state index contributed by atoms with van der Waals surface area (Å²) < 4.78 is 13.2. The predicted molar refractivity (Wildman–Crippen MR) is 76.6 cm³/mol. The van der Waals surface area contributed by atoms with Crippen LogP contribution in [0.1, 0.15) is 41.6 Å². The van der Waals surface area contributed by atoms with Crippen LogP contribution in [0.4, 0.5) is 4.39 Å². The fourth-order valence-electron chi connectivity index (χ4n) is 2.06. The van der Waals surface area contributed by atoms with E-state index in [4.69, 9.17) is 5.73 Å². The molecule has 3 nitrogen and oxygen atoms in total. The fraction of sp³-hybridized carbons (Fsp3) is 0.438. The molecule has 0 radical (unpaired) electrons. The smallest absolute Gasteiger partial charge is 0.252 e.